The third-order valence-electron chi connectivity index (χ3n) is 2.82. The number of aryl methyl sites for hydroxylation is 1. The zero-order valence-corrected chi connectivity index (χ0v) is 10.6. The van der Waals surface area contributed by atoms with Crippen molar-refractivity contribution in [1.29, 1.82) is 0 Å². The van der Waals surface area contributed by atoms with Crippen LogP contribution in [0.1, 0.15) is 5.56 Å². The molecule has 0 amide bonds. The molecular weight excluding hydrogens is 254 g/mol. The van der Waals surface area contributed by atoms with Crippen molar-refractivity contribution in [2.24, 2.45) is 0 Å². The summed E-state index contributed by atoms with van der Waals surface area (Å²) >= 11 is 0. The molecule has 0 spiro atoms. The summed E-state index contributed by atoms with van der Waals surface area (Å²) in [6.07, 6.45) is 0. The van der Waals surface area contributed by atoms with Gasteiger partial charge in [0.2, 0.25) is 0 Å². The molecule has 0 radical (unpaired) electrons. The number of nitrogens with zero attached hydrogens (tertiary/aromatic N) is 1. The van der Waals surface area contributed by atoms with Gasteiger partial charge >= 0.3 is 11.3 Å². The van der Waals surface area contributed by atoms with Gasteiger partial charge in [0, 0.05) is 17.0 Å². The summed E-state index contributed by atoms with van der Waals surface area (Å²) < 4.78 is 15.1. The second kappa shape index (κ2) is 4.60. The molecule has 1 aromatic carbocycles. The fourth-order valence-corrected chi connectivity index (χ4v) is 1.88. The maximum Gasteiger partial charge on any atom is 0.415 e. The van der Waals surface area contributed by atoms with Crippen LogP contribution in [0.2, 0.25) is 0 Å². The summed E-state index contributed by atoms with van der Waals surface area (Å²) in [4.78, 5) is 21.7. The van der Waals surface area contributed by atoms with Gasteiger partial charge in [0.25, 0.3) is 0 Å². The molecule has 0 bridgehead atoms. The fourth-order valence-electron chi connectivity index (χ4n) is 1.88. The van der Waals surface area contributed by atoms with E-state index in [1.54, 1.807) is 6.07 Å². The molecule has 0 aliphatic rings. The Labute approximate surface area is 107 Å². The summed E-state index contributed by atoms with van der Waals surface area (Å²) in [5, 5.41) is 11.3. The van der Waals surface area contributed by atoms with Crippen molar-refractivity contribution < 1.29 is 18.8 Å². The van der Waals surface area contributed by atoms with E-state index in [2.05, 4.69) is 0 Å². The van der Waals surface area contributed by atoms with E-state index in [0.29, 0.717) is 16.9 Å². The predicted molar refractivity (Wildman–Crippen MR) is 67.0 cm³/mol. The Morgan fingerprint density at radius 1 is 1.21 bits per heavy atom. The van der Waals surface area contributed by atoms with Gasteiger partial charge in [-0.05, 0) is 13.0 Å². The highest BCUT2D eigenvalue weighted by atomic mass is 16.6. The molecule has 0 saturated heterocycles. The largest absolute Gasteiger partial charge is 0.493 e. The lowest BCUT2D eigenvalue weighted by atomic mass is 10.1. The lowest BCUT2D eigenvalue weighted by molar-refractivity contribution is -0.387. The van der Waals surface area contributed by atoms with Gasteiger partial charge in [-0.25, -0.2) is 4.79 Å². The molecule has 1 heterocycles. The summed E-state index contributed by atoms with van der Waals surface area (Å²) in [7, 11) is 2.90. The maximum absolute atomic E-state index is 11.6. The first-order valence-electron chi connectivity index (χ1n) is 5.33. The molecule has 0 fully saturated rings. The van der Waals surface area contributed by atoms with Gasteiger partial charge in [-0.15, -0.1) is 0 Å². The van der Waals surface area contributed by atoms with Crippen LogP contribution in [0, 0.1) is 17.0 Å². The Kier molecular flexibility index (Phi) is 3.12. The van der Waals surface area contributed by atoms with Gasteiger partial charge in [-0.3, -0.25) is 10.1 Å². The quantitative estimate of drug-likeness (QED) is 0.479. The van der Waals surface area contributed by atoms with Gasteiger partial charge in [0.15, 0.2) is 11.5 Å². The highest BCUT2D eigenvalue weighted by Crippen LogP contribution is 2.34. The molecule has 0 saturated carbocycles. The van der Waals surface area contributed by atoms with Crippen LogP contribution in [-0.2, 0) is 0 Å². The van der Waals surface area contributed by atoms with Crippen LogP contribution in [0.5, 0.6) is 11.5 Å². The average Bonchev–Trinajstić information content (AvgIpc) is 2.36. The highest BCUT2D eigenvalue weighted by molar-refractivity contribution is 5.86. The third kappa shape index (κ3) is 1.99. The van der Waals surface area contributed by atoms with Gasteiger partial charge in [0.05, 0.1) is 19.1 Å². The Hall–Kier alpha value is -2.57. The van der Waals surface area contributed by atoms with E-state index in [4.69, 9.17) is 13.9 Å². The first-order valence-corrected chi connectivity index (χ1v) is 5.33. The molecule has 2 aromatic rings. The van der Waals surface area contributed by atoms with E-state index in [-0.39, 0.29) is 11.1 Å². The summed E-state index contributed by atoms with van der Waals surface area (Å²) in [5.41, 5.74) is -1.11. The predicted octanol–water partition coefficient (Wildman–Crippen LogP) is 2.03. The van der Waals surface area contributed by atoms with Crippen molar-refractivity contribution in [3.8, 4) is 11.5 Å². The monoisotopic (exact) mass is 265 g/mol. The number of rotatable bonds is 3. The minimum Gasteiger partial charge on any atom is -0.493 e. The van der Waals surface area contributed by atoms with Gasteiger partial charge < -0.3 is 13.9 Å². The number of methoxy groups -OCH3 is 2. The van der Waals surface area contributed by atoms with Crippen LogP contribution in [-0.4, -0.2) is 19.1 Å². The van der Waals surface area contributed by atoms with Crippen LogP contribution < -0.4 is 15.1 Å². The standard InChI is InChI=1S/C12H11NO6/c1-6-7-4-9(17-2)10(18-3)5-8(7)19-12(14)11(6)13(15)16/h4-5H,1-3H3. The number of hydrogen-bond acceptors (Lipinski definition) is 6. The first kappa shape index (κ1) is 12.9. The lowest BCUT2D eigenvalue weighted by Gasteiger charge is -2.09. The molecule has 0 aliphatic carbocycles. The molecule has 0 N–H and O–H groups in total. The minimum absolute atomic E-state index is 0.214. The molecule has 2 rings (SSSR count). The molecule has 1 aromatic heterocycles. The van der Waals surface area contributed by atoms with Crippen molar-refractivity contribution in [2.45, 2.75) is 6.92 Å². The normalized spacial score (nSPS) is 10.5. The Morgan fingerprint density at radius 3 is 2.32 bits per heavy atom. The molecule has 7 nitrogen and oxygen atoms in total. The molecule has 0 aliphatic heterocycles. The van der Waals surface area contributed by atoms with Crippen LogP contribution >= 0.6 is 0 Å². The Bertz CT molecular complexity index is 718. The highest BCUT2D eigenvalue weighted by Gasteiger charge is 2.22. The number of nitro groups is 1. The van der Waals surface area contributed by atoms with Crippen LogP contribution in [0.15, 0.2) is 21.3 Å². The molecular formula is C12H11NO6. The van der Waals surface area contributed by atoms with Crippen molar-refractivity contribution >= 4 is 16.7 Å². The van der Waals surface area contributed by atoms with Crippen molar-refractivity contribution in [3.63, 3.8) is 0 Å². The summed E-state index contributed by atoms with van der Waals surface area (Å²) in [5.74, 6) is 0.785. The second-order valence-electron chi connectivity index (χ2n) is 3.82. The molecule has 7 heteroatoms. The van der Waals surface area contributed by atoms with E-state index in [9.17, 15) is 14.9 Å². The summed E-state index contributed by atoms with van der Waals surface area (Å²) in [6.45, 7) is 1.49. The van der Waals surface area contributed by atoms with Crippen LogP contribution in [0.25, 0.3) is 11.0 Å². The van der Waals surface area contributed by atoms with E-state index >= 15 is 0 Å². The van der Waals surface area contributed by atoms with Crippen molar-refractivity contribution in [3.05, 3.63) is 38.2 Å². The molecule has 19 heavy (non-hydrogen) atoms. The molecule has 0 unspecified atom stereocenters. The zero-order valence-electron chi connectivity index (χ0n) is 10.6. The second-order valence-corrected chi connectivity index (χ2v) is 3.82. The van der Waals surface area contributed by atoms with E-state index in [1.807, 2.05) is 0 Å². The Morgan fingerprint density at radius 2 is 1.79 bits per heavy atom. The van der Waals surface area contributed by atoms with E-state index in [1.165, 1.54) is 27.2 Å². The van der Waals surface area contributed by atoms with E-state index < -0.39 is 16.2 Å². The minimum atomic E-state index is -0.984. The Balaban J connectivity index is 2.90. The number of benzene rings is 1. The average molecular weight is 265 g/mol. The van der Waals surface area contributed by atoms with Crippen molar-refractivity contribution in [2.75, 3.05) is 14.2 Å². The SMILES string of the molecule is COc1cc2oc(=O)c([N+](=O)[O-])c(C)c2cc1OC. The lowest BCUT2D eigenvalue weighted by Crippen LogP contribution is -2.09. The number of fused-ring (bicyclic) bond motifs is 1. The fraction of sp³-hybridized carbons (Fsp3) is 0.250. The smallest absolute Gasteiger partial charge is 0.415 e. The van der Waals surface area contributed by atoms with Gasteiger partial charge in [-0.1, -0.05) is 0 Å². The summed E-state index contributed by atoms with van der Waals surface area (Å²) in [6, 6.07) is 3.01. The topological polar surface area (TPSA) is 91.8 Å². The molecule has 100 valence electrons. The van der Waals surface area contributed by atoms with Crippen LogP contribution in [0.4, 0.5) is 5.69 Å². The number of ether oxygens (including phenoxy) is 2. The van der Waals surface area contributed by atoms with Crippen LogP contribution in [0.3, 0.4) is 0 Å². The first-order chi connectivity index (χ1) is 8.99. The maximum atomic E-state index is 11.6. The van der Waals surface area contributed by atoms with Gasteiger partial charge in [-0.2, -0.15) is 0 Å². The van der Waals surface area contributed by atoms with Crippen molar-refractivity contribution in [1.82, 2.24) is 0 Å². The number of hydrogen-bond donors (Lipinski definition) is 0. The van der Waals surface area contributed by atoms with E-state index in [0.717, 1.165) is 0 Å². The third-order valence-corrected chi connectivity index (χ3v) is 2.82. The zero-order chi connectivity index (χ0) is 14.2. The molecule has 0 atom stereocenters. The van der Waals surface area contributed by atoms with Gasteiger partial charge in [0.1, 0.15) is 5.58 Å².